The monoisotopic (exact) mass is 521 g/mol. The summed E-state index contributed by atoms with van der Waals surface area (Å²) >= 11 is 0. The fourth-order valence-electron chi connectivity index (χ4n) is 3.61. The molecule has 0 spiro atoms. The summed E-state index contributed by atoms with van der Waals surface area (Å²) in [4.78, 5) is 28.7. The third kappa shape index (κ3) is 7.19. The Kier molecular flexibility index (Phi) is 9.09. The number of H-pyrrole nitrogens is 1. The summed E-state index contributed by atoms with van der Waals surface area (Å²) in [5.74, 6) is -0.364. The van der Waals surface area contributed by atoms with Crippen molar-refractivity contribution in [3.63, 3.8) is 0 Å². The van der Waals surface area contributed by atoms with E-state index >= 15 is 0 Å². The van der Waals surface area contributed by atoms with Crippen LogP contribution in [-0.4, -0.2) is 51.9 Å². The predicted octanol–water partition coefficient (Wildman–Crippen LogP) is 4.48. The average molecular weight is 522 g/mol. The molecule has 1 unspecified atom stereocenters. The second kappa shape index (κ2) is 12.0. The molecule has 0 bridgehead atoms. The van der Waals surface area contributed by atoms with Crippen LogP contribution in [0.3, 0.4) is 0 Å². The second-order valence-electron chi connectivity index (χ2n) is 8.71. The number of rotatable bonds is 11. The van der Waals surface area contributed by atoms with Crippen LogP contribution in [0, 0.1) is 5.92 Å². The summed E-state index contributed by atoms with van der Waals surface area (Å²) < 4.78 is 49.9. The normalized spacial score (nSPS) is 13.4. The van der Waals surface area contributed by atoms with Crippen molar-refractivity contribution in [3.05, 3.63) is 48.0 Å². The van der Waals surface area contributed by atoms with Gasteiger partial charge in [-0.1, -0.05) is 32.9 Å². The zero-order chi connectivity index (χ0) is 27.2. The van der Waals surface area contributed by atoms with Gasteiger partial charge in [0.25, 0.3) is 5.91 Å². The van der Waals surface area contributed by atoms with E-state index < -0.39 is 24.2 Å². The molecule has 0 fully saturated rings. The van der Waals surface area contributed by atoms with E-state index in [-0.39, 0.29) is 30.5 Å². The summed E-state index contributed by atoms with van der Waals surface area (Å²) in [6.45, 7) is 7.48. The summed E-state index contributed by atoms with van der Waals surface area (Å²) in [5, 5.41) is 11.7. The first-order valence-corrected chi connectivity index (χ1v) is 11.9. The first kappa shape index (κ1) is 27.9. The highest BCUT2D eigenvalue weighted by Gasteiger charge is 2.39. The zero-order valence-corrected chi connectivity index (χ0v) is 21.0. The molecular weight excluding hydrogens is 491 g/mol. The van der Waals surface area contributed by atoms with Crippen LogP contribution in [0.25, 0.3) is 22.7 Å². The van der Waals surface area contributed by atoms with Crippen molar-refractivity contribution >= 4 is 11.9 Å². The zero-order valence-electron chi connectivity index (χ0n) is 21.0. The lowest BCUT2D eigenvalue weighted by Crippen LogP contribution is -2.45. The highest BCUT2D eigenvalue weighted by molar-refractivity contribution is 5.93. The van der Waals surface area contributed by atoms with Crippen molar-refractivity contribution in [2.24, 2.45) is 5.92 Å². The largest absolute Gasteiger partial charge is 0.465 e. The number of carbonyl (C=O) groups excluding carboxylic acids is 2. The topological polar surface area (TPSA) is 122 Å². The number of carbonyl (C=O) groups is 2. The maximum atomic E-state index is 13.0. The molecule has 2 atom stereocenters. The molecule has 0 aliphatic carbocycles. The van der Waals surface area contributed by atoms with E-state index in [4.69, 9.17) is 9.15 Å². The Morgan fingerprint density at radius 2 is 1.89 bits per heavy atom. The van der Waals surface area contributed by atoms with Crippen molar-refractivity contribution in [2.45, 2.75) is 58.9 Å². The van der Waals surface area contributed by atoms with E-state index in [1.807, 2.05) is 19.2 Å². The number of aromatic amines is 1. The van der Waals surface area contributed by atoms with E-state index in [0.717, 1.165) is 0 Å². The van der Waals surface area contributed by atoms with Gasteiger partial charge in [-0.15, -0.1) is 0 Å². The van der Waals surface area contributed by atoms with E-state index in [1.54, 1.807) is 37.4 Å². The van der Waals surface area contributed by atoms with Gasteiger partial charge in [-0.25, -0.2) is 4.98 Å². The van der Waals surface area contributed by atoms with Crippen LogP contribution in [0.15, 0.2) is 40.9 Å². The van der Waals surface area contributed by atoms with Gasteiger partial charge in [0, 0.05) is 11.1 Å². The lowest BCUT2D eigenvalue weighted by Gasteiger charge is -2.19. The maximum absolute atomic E-state index is 13.0. The van der Waals surface area contributed by atoms with Gasteiger partial charge in [-0.2, -0.15) is 18.3 Å². The summed E-state index contributed by atoms with van der Waals surface area (Å²) in [6.07, 6.45) is -3.27. The van der Waals surface area contributed by atoms with Crippen molar-refractivity contribution in [2.75, 3.05) is 6.61 Å². The van der Waals surface area contributed by atoms with Gasteiger partial charge in [-0.3, -0.25) is 20.0 Å². The molecule has 9 nitrogen and oxygen atoms in total. The number of halogens is 3. The number of amides is 1. The highest BCUT2D eigenvalue weighted by atomic mass is 19.4. The van der Waals surface area contributed by atoms with Crippen LogP contribution in [0.2, 0.25) is 0 Å². The van der Waals surface area contributed by atoms with Gasteiger partial charge in [0.2, 0.25) is 5.89 Å². The number of benzene rings is 1. The van der Waals surface area contributed by atoms with E-state index in [1.165, 1.54) is 13.0 Å². The predicted molar refractivity (Wildman–Crippen MR) is 129 cm³/mol. The molecular formula is C25H30F3N5O4. The minimum atomic E-state index is -4.54. The van der Waals surface area contributed by atoms with E-state index in [2.05, 4.69) is 20.5 Å². The number of hydrogen-bond donors (Lipinski definition) is 3. The molecule has 37 heavy (non-hydrogen) atoms. The Bertz CT molecular complexity index is 1200. The Morgan fingerprint density at radius 3 is 2.54 bits per heavy atom. The Hall–Kier alpha value is -3.67. The number of hydrogen-bond acceptors (Lipinski definition) is 7. The minimum Gasteiger partial charge on any atom is -0.465 e. The third-order valence-electron chi connectivity index (χ3n) is 5.59. The van der Waals surface area contributed by atoms with Crippen LogP contribution < -0.4 is 10.6 Å². The number of ether oxygens (including phenoxy) is 1. The average Bonchev–Trinajstić information content (AvgIpc) is 3.52. The lowest BCUT2D eigenvalue weighted by atomic mass is 10.0. The molecule has 2 aromatic heterocycles. The molecule has 0 saturated carbocycles. The van der Waals surface area contributed by atoms with Crippen molar-refractivity contribution in [1.82, 2.24) is 25.8 Å². The summed E-state index contributed by atoms with van der Waals surface area (Å²) in [5.41, 5.74) is 1.52. The minimum absolute atomic E-state index is 0.0141. The molecule has 12 heteroatoms. The summed E-state index contributed by atoms with van der Waals surface area (Å²) in [6, 6.07) is 5.93. The molecule has 0 aliphatic rings. The molecule has 3 rings (SSSR count). The Labute approximate surface area is 212 Å². The van der Waals surface area contributed by atoms with Crippen molar-refractivity contribution in [3.8, 4) is 22.7 Å². The molecule has 1 amide bonds. The molecule has 0 aliphatic heterocycles. The summed E-state index contributed by atoms with van der Waals surface area (Å²) in [7, 11) is 0. The quantitative estimate of drug-likeness (QED) is 0.318. The van der Waals surface area contributed by atoms with Crippen LogP contribution in [0.5, 0.6) is 0 Å². The molecule has 2 heterocycles. The molecule has 0 radical (unpaired) electrons. The fraction of sp³-hybridized carbons (Fsp3) is 0.440. The van der Waals surface area contributed by atoms with Gasteiger partial charge >= 0.3 is 12.1 Å². The number of nitrogens with zero attached hydrogens (tertiary/aromatic N) is 2. The van der Waals surface area contributed by atoms with Crippen LogP contribution in [0.1, 0.15) is 50.4 Å². The number of oxazole rings is 1. The molecule has 1 aromatic carbocycles. The molecule has 200 valence electrons. The maximum Gasteiger partial charge on any atom is 0.408 e. The number of esters is 1. The molecule has 3 N–H and O–H groups in total. The molecule has 3 aromatic rings. The van der Waals surface area contributed by atoms with Gasteiger partial charge in [0.1, 0.15) is 23.5 Å². The van der Waals surface area contributed by atoms with Gasteiger partial charge in [0.05, 0.1) is 25.0 Å². The van der Waals surface area contributed by atoms with Crippen molar-refractivity contribution in [1.29, 1.82) is 0 Å². The SMILES string of the molecule is CCOC(=O)[C@@H](NCc1cnc(-c2cccc(-c3cc(C(=O)NC(CC)C(F)(F)F)[nH]n3)c2)o1)C(C)C. The van der Waals surface area contributed by atoms with E-state index in [9.17, 15) is 22.8 Å². The Balaban J connectivity index is 1.70. The van der Waals surface area contributed by atoms with Gasteiger partial charge in [-0.05, 0) is 37.5 Å². The first-order chi connectivity index (χ1) is 17.5. The smallest absolute Gasteiger partial charge is 0.408 e. The second-order valence-corrected chi connectivity index (χ2v) is 8.71. The molecule has 0 saturated heterocycles. The standard InChI is InChI=1S/C25H30F3N5O4/c1-5-20(25(26,27)28)31-22(34)19-11-18(32-33-19)15-8-7-9-16(10-15)23-30-13-17(37-23)12-29-21(14(3)4)24(35)36-6-2/h7-11,13-14,20-21,29H,5-6,12H2,1-4H3,(H,31,34)(H,32,33)/t20?,21-/m0/s1. The fourth-order valence-corrected chi connectivity index (χ4v) is 3.61. The third-order valence-corrected chi connectivity index (χ3v) is 5.59. The van der Waals surface area contributed by atoms with E-state index in [0.29, 0.717) is 35.1 Å². The highest BCUT2D eigenvalue weighted by Crippen LogP contribution is 2.26. The number of alkyl halides is 3. The van der Waals surface area contributed by atoms with Gasteiger partial charge in [0.15, 0.2) is 0 Å². The number of nitrogens with one attached hydrogen (secondary N) is 3. The van der Waals surface area contributed by atoms with Crippen LogP contribution in [-0.2, 0) is 16.1 Å². The van der Waals surface area contributed by atoms with Crippen LogP contribution in [0.4, 0.5) is 13.2 Å². The van der Waals surface area contributed by atoms with Crippen molar-refractivity contribution < 1.29 is 31.9 Å². The Morgan fingerprint density at radius 1 is 1.16 bits per heavy atom. The first-order valence-electron chi connectivity index (χ1n) is 11.9. The van der Waals surface area contributed by atoms with Gasteiger partial charge < -0.3 is 14.5 Å². The van der Waals surface area contributed by atoms with Crippen LogP contribution >= 0.6 is 0 Å². The lowest BCUT2D eigenvalue weighted by molar-refractivity contribution is -0.154. The number of aromatic nitrogens is 3.